The van der Waals surface area contributed by atoms with Gasteiger partial charge in [-0.3, -0.25) is 0 Å². The lowest BCUT2D eigenvalue weighted by molar-refractivity contribution is 0.281. The summed E-state index contributed by atoms with van der Waals surface area (Å²) in [4.78, 5) is 15.6. The summed E-state index contributed by atoms with van der Waals surface area (Å²) in [6, 6.07) is 3.75. The number of nitrogens with zero attached hydrogens (tertiary/aromatic N) is 7. The van der Waals surface area contributed by atoms with E-state index in [0.29, 0.717) is 11.2 Å². The molecule has 0 saturated heterocycles. The fraction of sp³-hybridized carbons (Fsp3) is 0.308. The summed E-state index contributed by atoms with van der Waals surface area (Å²) < 4.78 is 1.98. The standard InChI is InChI=1S/C13H13N7O.ClH/c14-19-18-13-10-11(9-4-3-5-15-12(9)17-13)20(8-16-10)6-1-2-7-21;/h3-5,8,21H,1-2,6-7H2;1H. The van der Waals surface area contributed by atoms with E-state index in [1.54, 1.807) is 12.5 Å². The molecule has 22 heavy (non-hydrogen) atoms. The number of fused-ring (bicyclic) bond motifs is 3. The molecule has 0 aliphatic heterocycles. The minimum absolute atomic E-state index is 0. The van der Waals surface area contributed by atoms with Crippen molar-refractivity contribution in [1.82, 2.24) is 19.5 Å². The van der Waals surface area contributed by atoms with Crippen LogP contribution in [-0.2, 0) is 6.54 Å². The van der Waals surface area contributed by atoms with Crippen molar-refractivity contribution in [3.8, 4) is 0 Å². The molecular weight excluding hydrogens is 306 g/mol. The molecule has 0 radical (unpaired) electrons. The summed E-state index contributed by atoms with van der Waals surface area (Å²) in [6.07, 6.45) is 4.91. The molecule has 8 nitrogen and oxygen atoms in total. The molecule has 3 heterocycles. The van der Waals surface area contributed by atoms with E-state index in [2.05, 4.69) is 25.0 Å². The van der Waals surface area contributed by atoms with E-state index in [-0.39, 0.29) is 24.8 Å². The Morgan fingerprint density at radius 2 is 2.18 bits per heavy atom. The van der Waals surface area contributed by atoms with Gasteiger partial charge in [-0.05, 0) is 35.6 Å². The highest BCUT2D eigenvalue weighted by atomic mass is 35.5. The first-order chi connectivity index (χ1) is 10.3. The third-order valence-electron chi connectivity index (χ3n) is 3.25. The Balaban J connectivity index is 0.00000176. The predicted octanol–water partition coefficient (Wildman–Crippen LogP) is 3.12. The van der Waals surface area contributed by atoms with Gasteiger partial charge < -0.3 is 9.67 Å². The molecular formula is C13H14ClN7O. The molecule has 0 bridgehead atoms. The number of aliphatic hydroxyl groups excluding tert-OH is 1. The van der Waals surface area contributed by atoms with Crippen LogP contribution in [-0.4, -0.2) is 31.2 Å². The van der Waals surface area contributed by atoms with Crippen molar-refractivity contribution in [2.75, 3.05) is 6.61 Å². The van der Waals surface area contributed by atoms with Crippen LogP contribution in [0.3, 0.4) is 0 Å². The molecule has 0 unspecified atom stereocenters. The van der Waals surface area contributed by atoms with Crippen LogP contribution >= 0.6 is 12.4 Å². The van der Waals surface area contributed by atoms with Crippen molar-refractivity contribution < 1.29 is 5.11 Å². The minimum Gasteiger partial charge on any atom is -0.396 e. The van der Waals surface area contributed by atoms with Crippen LogP contribution in [0.15, 0.2) is 29.8 Å². The Hall–Kier alpha value is -2.41. The van der Waals surface area contributed by atoms with E-state index in [1.165, 1.54) is 0 Å². The predicted molar refractivity (Wildman–Crippen MR) is 85.2 cm³/mol. The summed E-state index contributed by atoms with van der Waals surface area (Å²) >= 11 is 0. The van der Waals surface area contributed by atoms with Crippen molar-refractivity contribution in [3.63, 3.8) is 0 Å². The van der Waals surface area contributed by atoms with E-state index in [9.17, 15) is 0 Å². The number of aryl methyl sites for hydroxylation is 1. The number of imidazole rings is 1. The SMILES string of the molecule is Cl.[N-]=[N+]=Nc1nc2ncccc2c2c1ncn2CCCCO. The molecule has 3 rings (SSSR count). The lowest BCUT2D eigenvalue weighted by Gasteiger charge is -2.06. The van der Waals surface area contributed by atoms with Gasteiger partial charge in [0.2, 0.25) is 0 Å². The minimum atomic E-state index is 0. The van der Waals surface area contributed by atoms with Gasteiger partial charge in [-0.25, -0.2) is 15.0 Å². The first-order valence-electron chi connectivity index (χ1n) is 6.60. The van der Waals surface area contributed by atoms with Gasteiger partial charge in [0.15, 0.2) is 11.5 Å². The molecule has 0 aliphatic rings. The van der Waals surface area contributed by atoms with E-state index in [1.807, 2.05) is 16.7 Å². The summed E-state index contributed by atoms with van der Waals surface area (Å²) in [5, 5.41) is 13.4. The number of hydrogen-bond acceptors (Lipinski definition) is 5. The van der Waals surface area contributed by atoms with E-state index < -0.39 is 0 Å². The van der Waals surface area contributed by atoms with Crippen LogP contribution in [0.1, 0.15) is 12.8 Å². The Morgan fingerprint density at radius 1 is 1.32 bits per heavy atom. The lowest BCUT2D eigenvalue weighted by atomic mass is 10.2. The van der Waals surface area contributed by atoms with Gasteiger partial charge in [0.05, 0.1) is 11.8 Å². The number of aliphatic hydroxyl groups is 1. The van der Waals surface area contributed by atoms with Crippen LogP contribution in [0, 0.1) is 0 Å². The molecule has 9 heteroatoms. The van der Waals surface area contributed by atoms with Gasteiger partial charge in [-0.15, -0.1) is 12.4 Å². The smallest absolute Gasteiger partial charge is 0.161 e. The van der Waals surface area contributed by atoms with E-state index in [0.717, 1.165) is 30.3 Å². The molecule has 0 saturated carbocycles. The maximum atomic E-state index is 8.89. The van der Waals surface area contributed by atoms with Crippen LogP contribution < -0.4 is 0 Å². The van der Waals surface area contributed by atoms with Crippen LogP contribution in [0.2, 0.25) is 0 Å². The molecule has 3 aromatic rings. The molecule has 114 valence electrons. The van der Waals surface area contributed by atoms with Crippen molar-refractivity contribution in [2.45, 2.75) is 19.4 Å². The Kier molecular flexibility index (Phi) is 5.11. The molecule has 0 fully saturated rings. The second-order valence-electron chi connectivity index (χ2n) is 4.57. The molecule has 0 amide bonds. The summed E-state index contributed by atoms with van der Waals surface area (Å²) in [6.45, 7) is 0.890. The lowest BCUT2D eigenvalue weighted by Crippen LogP contribution is -1.98. The molecule has 3 aromatic heterocycles. The molecule has 1 N–H and O–H groups in total. The van der Waals surface area contributed by atoms with E-state index in [4.69, 9.17) is 10.6 Å². The maximum Gasteiger partial charge on any atom is 0.161 e. The number of rotatable bonds is 5. The van der Waals surface area contributed by atoms with Gasteiger partial charge in [-0.2, -0.15) is 0 Å². The molecule has 0 aromatic carbocycles. The van der Waals surface area contributed by atoms with Gasteiger partial charge >= 0.3 is 0 Å². The molecule has 0 atom stereocenters. The fourth-order valence-corrected chi connectivity index (χ4v) is 2.33. The number of hydrogen-bond donors (Lipinski definition) is 1. The van der Waals surface area contributed by atoms with Gasteiger partial charge in [0, 0.05) is 29.6 Å². The Morgan fingerprint density at radius 3 is 2.95 bits per heavy atom. The number of aromatic nitrogens is 4. The average molecular weight is 320 g/mol. The van der Waals surface area contributed by atoms with Gasteiger partial charge in [0.1, 0.15) is 5.52 Å². The highest BCUT2D eigenvalue weighted by Gasteiger charge is 2.13. The van der Waals surface area contributed by atoms with Crippen molar-refractivity contribution >= 4 is 40.3 Å². The first-order valence-corrected chi connectivity index (χ1v) is 6.60. The zero-order valence-corrected chi connectivity index (χ0v) is 12.4. The summed E-state index contributed by atoms with van der Waals surface area (Å²) in [5.41, 5.74) is 10.6. The second-order valence-corrected chi connectivity index (χ2v) is 4.57. The Labute approximate surface area is 131 Å². The van der Waals surface area contributed by atoms with Crippen molar-refractivity contribution in [3.05, 3.63) is 35.1 Å². The Bertz CT molecular complexity index is 841. The highest BCUT2D eigenvalue weighted by molar-refractivity contribution is 6.04. The van der Waals surface area contributed by atoms with Crippen LogP contribution in [0.5, 0.6) is 0 Å². The third-order valence-corrected chi connectivity index (χ3v) is 3.25. The topological polar surface area (TPSA) is 113 Å². The normalized spacial score (nSPS) is 10.4. The average Bonchev–Trinajstić information content (AvgIpc) is 2.93. The fourth-order valence-electron chi connectivity index (χ4n) is 2.33. The largest absolute Gasteiger partial charge is 0.396 e. The summed E-state index contributed by atoms with van der Waals surface area (Å²) in [7, 11) is 0. The number of halogens is 1. The number of unbranched alkanes of at least 4 members (excludes halogenated alkanes) is 1. The zero-order chi connectivity index (χ0) is 14.7. The molecule has 0 spiro atoms. The monoisotopic (exact) mass is 319 g/mol. The third kappa shape index (κ3) is 2.80. The highest BCUT2D eigenvalue weighted by Crippen LogP contribution is 2.29. The number of pyridine rings is 2. The maximum absolute atomic E-state index is 8.89. The summed E-state index contributed by atoms with van der Waals surface area (Å²) in [5.74, 6) is 0.236. The van der Waals surface area contributed by atoms with E-state index >= 15 is 0 Å². The first kappa shape index (κ1) is 16.0. The quantitative estimate of drug-likeness (QED) is 0.337. The van der Waals surface area contributed by atoms with Crippen molar-refractivity contribution in [1.29, 1.82) is 0 Å². The zero-order valence-electron chi connectivity index (χ0n) is 11.6. The second kappa shape index (κ2) is 7.04. The van der Waals surface area contributed by atoms with Gasteiger partial charge in [-0.1, -0.05) is 0 Å². The van der Waals surface area contributed by atoms with Crippen LogP contribution in [0.25, 0.3) is 32.5 Å². The van der Waals surface area contributed by atoms with Gasteiger partial charge in [0.25, 0.3) is 0 Å². The van der Waals surface area contributed by atoms with Crippen LogP contribution in [0.4, 0.5) is 5.82 Å². The molecule has 0 aliphatic carbocycles. The van der Waals surface area contributed by atoms with Crippen molar-refractivity contribution in [2.24, 2.45) is 5.11 Å². The number of azide groups is 1.